The Balaban J connectivity index is 2.39. The molecule has 1 fully saturated rings. The average molecular weight is 342 g/mol. The van der Waals surface area contributed by atoms with E-state index in [9.17, 15) is 13.2 Å². The van der Waals surface area contributed by atoms with Gasteiger partial charge in [-0.25, -0.2) is 8.42 Å². The fraction of sp³-hybridized carbons (Fsp3) is 0.733. The number of nitrogens with zero attached hydrogens (tertiary/aromatic N) is 4. The molecule has 2 rings (SSSR count). The molecule has 1 unspecified atom stereocenters. The van der Waals surface area contributed by atoms with Crippen LogP contribution in [0.5, 0.6) is 0 Å². The van der Waals surface area contributed by atoms with Crippen molar-refractivity contribution in [3.8, 4) is 0 Å². The van der Waals surface area contributed by atoms with Crippen molar-refractivity contribution < 1.29 is 13.2 Å². The van der Waals surface area contributed by atoms with Crippen molar-refractivity contribution >= 4 is 15.9 Å². The van der Waals surface area contributed by atoms with Gasteiger partial charge in [-0.2, -0.15) is 9.40 Å². The molecule has 0 N–H and O–H groups in total. The van der Waals surface area contributed by atoms with Crippen LogP contribution in [0.1, 0.15) is 38.8 Å². The molecule has 1 saturated heterocycles. The number of hydrogen-bond donors (Lipinski definition) is 0. The largest absolute Gasteiger partial charge is 0.343 e. The van der Waals surface area contributed by atoms with Gasteiger partial charge in [0.1, 0.15) is 10.9 Å². The van der Waals surface area contributed by atoms with Crippen LogP contribution in [0, 0.1) is 6.92 Å². The van der Waals surface area contributed by atoms with E-state index in [1.54, 1.807) is 23.6 Å². The Kier molecular flexibility index (Phi) is 5.46. The molecule has 1 aromatic rings. The first kappa shape index (κ1) is 17.9. The quantitative estimate of drug-likeness (QED) is 0.779. The van der Waals surface area contributed by atoms with E-state index in [1.807, 2.05) is 13.8 Å². The van der Waals surface area contributed by atoms with E-state index in [2.05, 4.69) is 5.10 Å². The predicted molar refractivity (Wildman–Crippen MR) is 87.5 cm³/mol. The highest BCUT2D eigenvalue weighted by molar-refractivity contribution is 7.89. The predicted octanol–water partition coefficient (Wildman–Crippen LogP) is 1.23. The minimum atomic E-state index is -3.72. The van der Waals surface area contributed by atoms with Crippen molar-refractivity contribution in [1.29, 1.82) is 0 Å². The Morgan fingerprint density at radius 3 is 2.57 bits per heavy atom. The van der Waals surface area contributed by atoms with Crippen LogP contribution in [-0.4, -0.2) is 59.5 Å². The summed E-state index contributed by atoms with van der Waals surface area (Å²) in [7, 11) is -1.99. The van der Waals surface area contributed by atoms with Gasteiger partial charge in [0.15, 0.2) is 0 Å². The van der Waals surface area contributed by atoms with E-state index in [-0.39, 0.29) is 10.8 Å². The number of carbonyl (C=O) groups is 1. The molecular weight excluding hydrogens is 316 g/mol. The zero-order chi connectivity index (χ0) is 17.2. The summed E-state index contributed by atoms with van der Waals surface area (Å²) < 4.78 is 29.2. The van der Waals surface area contributed by atoms with Crippen LogP contribution in [0.25, 0.3) is 0 Å². The molecule has 0 saturated carbocycles. The summed E-state index contributed by atoms with van der Waals surface area (Å²) in [6.45, 7) is 7.06. The van der Waals surface area contributed by atoms with Crippen molar-refractivity contribution in [3.05, 3.63) is 11.9 Å². The number of rotatable bonds is 6. The molecule has 0 aliphatic carbocycles. The Hall–Kier alpha value is -1.41. The molecule has 130 valence electrons. The Morgan fingerprint density at radius 1 is 1.30 bits per heavy atom. The number of unbranched alkanes of at least 4 members (excludes halogenated alkanes) is 1. The highest BCUT2D eigenvalue weighted by Crippen LogP contribution is 2.26. The van der Waals surface area contributed by atoms with Crippen molar-refractivity contribution in [1.82, 2.24) is 19.0 Å². The summed E-state index contributed by atoms with van der Waals surface area (Å²) in [6, 6.07) is -0.608. The van der Waals surface area contributed by atoms with Crippen LogP contribution < -0.4 is 0 Å². The van der Waals surface area contributed by atoms with E-state index in [0.29, 0.717) is 31.7 Å². The third-order valence-corrected chi connectivity index (χ3v) is 6.45. The number of hydrogen-bond acceptors (Lipinski definition) is 4. The third-order valence-electron chi connectivity index (χ3n) is 4.44. The zero-order valence-corrected chi connectivity index (χ0v) is 15.1. The van der Waals surface area contributed by atoms with Gasteiger partial charge in [0.05, 0.1) is 11.9 Å². The maximum atomic E-state index is 13.1. The highest BCUT2D eigenvalue weighted by atomic mass is 32.2. The molecule has 0 aromatic carbocycles. The van der Waals surface area contributed by atoms with E-state index in [1.165, 1.54) is 10.5 Å². The maximum absolute atomic E-state index is 13.1. The molecule has 1 aliphatic heterocycles. The molecule has 1 atom stereocenters. The Bertz CT molecular complexity index is 668. The number of amides is 1. The summed E-state index contributed by atoms with van der Waals surface area (Å²) in [6.07, 6.45) is 3.70. The van der Waals surface area contributed by atoms with Gasteiger partial charge in [0.25, 0.3) is 0 Å². The first-order valence-corrected chi connectivity index (χ1v) is 9.57. The van der Waals surface area contributed by atoms with E-state index >= 15 is 0 Å². The van der Waals surface area contributed by atoms with E-state index < -0.39 is 16.1 Å². The van der Waals surface area contributed by atoms with Gasteiger partial charge in [0, 0.05) is 26.7 Å². The molecule has 1 aromatic heterocycles. The number of aryl methyl sites for hydroxylation is 1. The average Bonchev–Trinajstić information content (AvgIpc) is 2.90. The van der Waals surface area contributed by atoms with Gasteiger partial charge in [-0.05, 0) is 20.3 Å². The fourth-order valence-electron chi connectivity index (χ4n) is 2.97. The molecule has 0 radical (unpaired) electrons. The molecule has 7 nitrogen and oxygen atoms in total. The summed E-state index contributed by atoms with van der Waals surface area (Å²) in [4.78, 5) is 14.3. The van der Waals surface area contributed by atoms with Crippen LogP contribution >= 0.6 is 0 Å². The molecular formula is C15H26N4O3S. The van der Waals surface area contributed by atoms with Crippen molar-refractivity contribution in [2.75, 3.05) is 20.1 Å². The number of likely N-dealkylation sites (N-methyl/N-ethyl adjacent to an activating group) is 1. The molecule has 23 heavy (non-hydrogen) atoms. The highest BCUT2D eigenvalue weighted by Gasteiger charge is 2.41. The van der Waals surface area contributed by atoms with Crippen LogP contribution in [0.15, 0.2) is 11.1 Å². The summed E-state index contributed by atoms with van der Waals surface area (Å²) >= 11 is 0. The molecule has 1 aliphatic rings. The topological polar surface area (TPSA) is 75.5 Å². The normalized spacial score (nSPS) is 20.3. The third kappa shape index (κ3) is 3.28. The van der Waals surface area contributed by atoms with Crippen LogP contribution in [-0.2, 0) is 21.4 Å². The van der Waals surface area contributed by atoms with Gasteiger partial charge in [-0.15, -0.1) is 0 Å². The van der Waals surface area contributed by atoms with Crippen molar-refractivity contribution in [2.45, 2.75) is 57.5 Å². The summed E-state index contributed by atoms with van der Waals surface area (Å²) in [5.41, 5.74) is 0.619. The molecule has 8 heteroatoms. The second-order valence-corrected chi connectivity index (χ2v) is 7.80. The van der Waals surface area contributed by atoms with Gasteiger partial charge < -0.3 is 4.90 Å². The molecule has 0 bridgehead atoms. The van der Waals surface area contributed by atoms with E-state index in [0.717, 1.165) is 12.8 Å². The monoisotopic (exact) mass is 342 g/mol. The van der Waals surface area contributed by atoms with Gasteiger partial charge >= 0.3 is 0 Å². The summed E-state index contributed by atoms with van der Waals surface area (Å²) in [5, 5.41) is 4.13. The van der Waals surface area contributed by atoms with Gasteiger partial charge in [0.2, 0.25) is 15.9 Å². The first-order valence-electron chi connectivity index (χ1n) is 8.13. The van der Waals surface area contributed by atoms with Crippen molar-refractivity contribution in [3.63, 3.8) is 0 Å². The minimum absolute atomic E-state index is 0.117. The smallest absolute Gasteiger partial charge is 0.247 e. The zero-order valence-electron chi connectivity index (χ0n) is 14.3. The molecule has 1 amide bonds. The Labute approximate surface area is 138 Å². The van der Waals surface area contributed by atoms with Crippen LogP contribution in [0.3, 0.4) is 0 Å². The van der Waals surface area contributed by atoms with Gasteiger partial charge in [-0.3, -0.25) is 9.48 Å². The van der Waals surface area contributed by atoms with Crippen molar-refractivity contribution in [2.24, 2.45) is 0 Å². The SMILES string of the molecule is CCCCC1C(=O)N(C)CCN1S(=O)(=O)c1cnn(CC)c1C. The molecule has 0 spiro atoms. The number of sulfonamides is 1. The summed E-state index contributed by atoms with van der Waals surface area (Å²) in [5.74, 6) is -0.117. The minimum Gasteiger partial charge on any atom is -0.343 e. The van der Waals surface area contributed by atoms with Crippen LogP contribution in [0.2, 0.25) is 0 Å². The lowest BCUT2D eigenvalue weighted by Crippen LogP contribution is -2.57. The fourth-order valence-corrected chi connectivity index (χ4v) is 4.74. The van der Waals surface area contributed by atoms with Crippen LogP contribution in [0.4, 0.5) is 0 Å². The maximum Gasteiger partial charge on any atom is 0.247 e. The number of aromatic nitrogens is 2. The van der Waals surface area contributed by atoms with E-state index in [4.69, 9.17) is 0 Å². The number of carbonyl (C=O) groups excluding carboxylic acids is 1. The first-order chi connectivity index (χ1) is 10.8. The molecule has 2 heterocycles. The Morgan fingerprint density at radius 2 is 2.00 bits per heavy atom. The lowest BCUT2D eigenvalue weighted by Gasteiger charge is -2.38. The second kappa shape index (κ2) is 7.00. The second-order valence-electron chi connectivity index (χ2n) is 5.94. The lowest BCUT2D eigenvalue weighted by molar-refractivity contribution is -0.137. The standard InChI is InChI=1S/C15H26N4O3S/c1-5-7-8-13-15(20)17(4)9-10-19(13)23(21,22)14-11-16-18(6-2)12(14)3/h11,13H,5-10H2,1-4H3. The van der Waals surface area contributed by atoms with Gasteiger partial charge in [-0.1, -0.05) is 19.8 Å². The lowest BCUT2D eigenvalue weighted by atomic mass is 10.1. The number of piperazine rings is 1.